The smallest absolute Gasteiger partial charge is 0.282 e. The molecule has 0 N–H and O–H groups in total. The molecule has 24 aliphatic heterocycles. The monoisotopic (exact) mass is 1380 g/mol. The van der Waals surface area contributed by atoms with Crippen LogP contribution in [-0.4, -0.2) is 457 Å². The Labute approximate surface area is 559 Å². The van der Waals surface area contributed by atoms with E-state index in [0.29, 0.717) is 0 Å². The molecule has 0 aromatic heterocycles. The van der Waals surface area contributed by atoms with Gasteiger partial charge in [-0.3, -0.25) is 157 Å². The van der Waals surface area contributed by atoms with Gasteiger partial charge in [-0.2, -0.15) is 0 Å². The molecule has 0 unspecified atom stereocenters. The fraction of sp³-hybridized carbons (Fsp3) is 0.692. The Balaban J connectivity index is 0.674. The number of hydrogen-bond acceptors (Lipinski definition) is 16. The third-order valence-electron chi connectivity index (χ3n) is 27.8. The van der Waals surface area contributed by atoms with Crippen LogP contribution in [0, 0.1) is 0 Å². The lowest BCUT2D eigenvalue weighted by atomic mass is 9.95. The maximum Gasteiger partial charge on any atom is 0.326 e. The lowest BCUT2D eigenvalue weighted by molar-refractivity contribution is -0.107. The Morgan fingerprint density at radius 1 is 0.150 bits per heavy atom. The van der Waals surface area contributed by atoms with Crippen molar-refractivity contribution >= 4 is 96.5 Å². The molecule has 0 aromatic carbocycles. The zero-order valence-corrected chi connectivity index (χ0v) is 53.1. The van der Waals surface area contributed by atoms with E-state index in [4.69, 9.17) is 0 Å². The highest BCUT2D eigenvalue weighted by molar-refractivity contribution is 5.97. The highest BCUT2D eigenvalue weighted by atomic mass is 16.3. The van der Waals surface area contributed by atoms with Gasteiger partial charge in [-0.15, -0.1) is 0 Å². The maximum absolute atomic E-state index is 16.0. The molecule has 0 saturated carbocycles. The van der Waals surface area contributed by atoms with Crippen LogP contribution in [0.25, 0.3) is 0 Å². The minimum Gasteiger partial charge on any atom is -0.282 e. The molecule has 0 spiro atoms. The highest BCUT2D eigenvalue weighted by Crippen LogP contribution is 2.60. The zero-order valence-electron chi connectivity index (χ0n) is 53.1. The molecule has 0 aliphatic carbocycles. The van der Waals surface area contributed by atoms with Gasteiger partial charge in [0.15, 0.2) is 96.6 Å². The number of hydrogen-bond donors (Lipinski definition) is 0. The second-order valence-electron chi connectivity index (χ2n) is 30.5. The molecule has 32 amide bonds. The van der Waals surface area contributed by atoms with Gasteiger partial charge in [-0.05, 0) is 27.7 Å². The molecule has 520 valence electrons. The summed E-state index contributed by atoms with van der Waals surface area (Å²) in [7, 11) is 0. The molecular formula is C52H56N32O16. The molecule has 0 bridgehead atoms. The fourth-order valence-corrected chi connectivity index (χ4v) is 22.9. The van der Waals surface area contributed by atoms with Crippen LogP contribution in [0.4, 0.5) is 76.7 Å². The zero-order chi connectivity index (χ0) is 68.0. The molecule has 24 aliphatic rings. The molecule has 24 fully saturated rings. The molecule has 24 rings (SSSR count). The van der Waals surface area contributed by atoms with Gasteiger partial charge >= 0.3 is 96.5 Å². The number of carbonyl (C=O) groups is 16. The normalized spacial score (nSPS) is 42.2. The van der Waals surface area contributed by atoms with Gasteiger partial charge in [-0.1, -0.05) is 0 Å². The molecule has 48 nitrogen and oxygen atoms in total. The minimum atomic E-state index is -1.85. The summed E-state index contributed by atoms with van der Waals surface area (Å²) in [4.78, 5) is 294. The average Bonchev–Trinajstić information content (AvgIpc) is 1.49. The van der Waals surface area contributed by atoms with Crippen molar-refractivity contribution in [1.29, 1.82) is 0 Å². The van der Waals surface area contributed by atoms with E-state index < -0.39 is 300 Å². The summed E-state index contributed by atoms with van der Waals surface area (Å²) in [5.74, 6) is 0. The van der Waals surface area contributed by atoms with Crippen LogP contribution >= 0.6 is 0 Å². The van der Waals surface area contributed by atoms with Gasteiger partial charge in [0.1, 0.15) is 107 Å². The van der Waals surface area contributed by atoms with Crippen molar-refractivity contribution in [3.8, 4) is 0 Å². The third kappa shape index (κ3) is 4.68. The van der Waals surface area contributed by atoms with Gasteiger partial charge in [0.05, 0.1) is 0 Å². The highest BCUT2D eigenvalue weighted by Gasteiger charge is 2.84. The molecule has 0 atom stereocenters. The number of amides is 32. The Bertz CT molecular complexity index is 3890. The topological polar surface area (TPSA) is 377 Å². The van der Waals surface area contributed by atoms with Gasteiger partial charge in [0.25, 0.3) is 0 Å². The second-order valence-corrected chi connectivity index (χ2v) is 30.5. The van der Waals surface area contributed by atoms with E-state index in [-0.39, 0.29) is 0 Å². The van der Waals surface area contributed by atoms with Crippen LogP contribution < -0.4 is 0 Å². The Morgan fingerprint density at radius 3 is 0.320 bits per heavy atom. The van der Waals surface area contributed by atoms with E-state index in [1.54, 1.807) is 27.7 Å². The first-order chi connectivity index (χ1) is 47.8. The molecule has 0 aromatic rings. The van der Waals surface area contributed by atoms with E-state index in [1.807, 2.05) is 0 Å². The maximum atomic E-state index is 16.0. The summed E-state index contributed by atoms with van der Waals surface area (Å²) >= 11 is 0. The predicted octanol–water partition coefficient (Wildman–Crippen LogP) is -5.99. The summed E-state index contributed by atoms with van der Waals surface area (Å²) < 4.78 is 0. The lowest BCUT2D eigenvalue weighted by Gasteiger charge is -2.50. The first kappa shape index (κ1) is 53.4. The van der Waals surface area contributed by atoms with Crippen molar-refractivity contribution in [2.24, 2.45) is 0 Å². The third-order valence-corrected chi connectivity index (χ3v) is 27.8. The van der Waals surface area contributed by atoms with Crippen LogP contribution in [-0.2, 0) is 0 Å². The van der Waals surface area contributed by atoms with Crippen LogP contribution in [0.1, 0.15) is 27.7 Å². The number of nitrogens with zero attached hydrogens (tertiary/aromatic N) is 32. The predicted molar refractivity (Wildman–Crippen MR) is 302 cm³/mol. The molecular weight excluding hydrogens is 1330 g/mol. The lowest BCUT2D eigenvalue weighted by Crippen LogP contribution is -2.71. The number of rotatable bonds is 0. The molecule has 24 saturated heterocycles. The summed E-state index contributed by atoms with van der Waals surface area (Å²) in [6.07, 6.45) is -15.6. The van der Waals surface area contributed by atoms with Crippen molar-refractivity contribution < 1.29 is 76.7 Å². The minimum absolute atomic E-state index is 0.565. The first-order valence-electron chi connectivity index (χ1n) is 33.0. The van der Waals surface area contributed by atoms with Crippen molar-refractivity contribution in [2.75, 3.05) is 107 Å². The van der Waals surface area contributed by atoms with E-state index in [1.165, 1.54) is 157 Å². The van der Waals surface area contributed by atoms with Crippen molar-refractivity contribution in [2.45, 2.75) is 124 Å². The molecule has 48 heteroatoms. The van der Waals surface area contributed by atoms with Crippen LogP contribution in [0.15, 0.2) is 0 Å². The standard InChI is InChI=1S/C52H56N32O16/c1-49-51(3)81-17-73-31-27-65(41(73)93)11-67-28-32-75(43(67)95)19-83-47(99)79-15-71-30-26-63(39(71)91)9-59-24-22-55(35(59)87)5-53-21-23-57(33(53)85)7-61-25-29(69(37(61)89)13-77(49)45(81)97)70-14-78(49)46(98)82(51)18-74(31)42(94)66(27)12-68(28)44(96)76(32)20-84-48(100)80(50(79,2)52(83,84)4)16-72(30)40(92)64(26)10-60(24)36(88)56(22)6-54(21)34(86)58(23)8-62(25)38(70)90/h21-32H,5-20H2,1-4H3. The van der Waals surface area contributed by atoms with Crippen LogP contribution in [0.3, 0.4) is 0 Å². The summed E-state index contributed by atoms with van der Waals surface area (Å²) in [5.41, 5.74) is -7.39. The van der Waals surface area contributed by atoms with Crippen molar-refractivity contribution in [3.63, 3.8) is 0 Å². The Morgan fingerprint density at radius 2 is 0.230 bits per heavy atom. The first-order valence-corrected chi connectivity index (χ1v) is 33.0. The Kier molecular flexibility index (Phi) is 8.00. The fourth-order valence-electron chi connectivity index (χ4n) is 22.9. The van der Waals surface area contributed by atoms with E-state index in [9.17, 15) is 0 Å². The molecule has 100 heavy (non-hydrogen) atoms. The number of urea groups is 16. The largest absolute Gasteiger partial charge is 0.326 e. The quantitative estimate of drug-likeness (QED) is 0.218. The van der Waals surface area contributed by atoms with Gasteiger partial charge in [0, 0.05) is 0 Å². The Hall–Kier alpha value is -11.7. The summed E-state index contributed by atoms with van der Waals surface area (Å²) in [6.45, 7) is -2.98. The summed E-state index contributed by atoms with van der Waals surface area (Å²) in [6, 6.07) is -12.1. The SMILES string of the molecule is CC12N3CN4C(=O)N5CN6C(=O)N7CN8C(=O)N9CN%10C(=O)N%11CN%12C(=O)N%13CN%14C(=O)N%15CN%16C(=O)N%17CN(C3=O)C1(C)N1CN3C(=O)N(CN%18C(=O)N(CN%19C(=O)N(CN%20C(=O)N(CN%21C(=O)N(CN%22C(=O)N(CN%23C(=O)N(CN2C1=O)C4C5%23)C6C7%22)C8C9%21)C%10C%11%20)C%12(C)C%13%19C)C%14C%15%18)C%16C%173. The van der Waals surface area contributed by atoms with E-state index in [0.717, 1.165) is 0 Å². The second kappa shape index (κ2) is 15.0. The average molecular weight is 1390 g/mol. The van der Waals surface area contributed by atoms with E-state index in [2.05, 4.69) is 0 Å². The van der Waals surface area contributed by atoms with Crippen molar-refractivity contribution in [3.05, 3.63) is 0 Å². The molecule has 0 radical (unpaired) electrons. The molecule has 24 heterocycles. The van der Waals surface area contributed by atoms with Crippen LogP contribution in [0.2, 0.25) is 0 Å². The van der Waals surface area contributed by atoms with Gasteiger partial charge in [-0.25, -0.2) is 76.7 Å². The van der Waals surface area contributed by atoms with Gasteiger partial charge in [0.2, 0.25) is 0 Å². The van der Waals surface area contributed by atoms with Crippen molar-refractivity contribution in [1.82, 2.24) is 157 Å². The van der Waals surface area contributed by atoms with E-state index >= 15 is 76.7 Å². The summed E-state index contributed by atoms with van der Waals surface area (Å²) in [5, 5.41) is 0. The van der Waals surface area contributed by atoms with Crippen LogP contribution in [0.5, 0.6) is 0 Å². The number of carbonyl (C=O) groups excluding carboxylic acids is 16. The van der Waals surface area contributed by atoms with Gasteiger partial charge < -0.3 is 0 Å².